The lowest BCUT2D eigenvalue weighted by molar-refractivity contribution is -0.137. The van der Waals surface area contributed by atoms with Crippen LogP contribution in [0.2, 0.25) is 0 Å². The Balaban J connectivity index is 0.00000200. The highest BCUT2D eigenvalue weighted by molar-refractivity contribution is 5.85. The van der Waals surface area contributed by atoms with Gasteiger partial charge in [0.05, 0.1) is 23.5 Å². The van der Waals surface area contributed by atoms with Gasteiger partial charge in [0.1, 0.15) is 5.82 Å². The molecule has 2 N–H and O–H groups in total. The lowest BCUT2D eigenvalue weighted by Gasteiger charge is -2.15. The number of anilines is 1. The molecule has 0 aliphatic carbocycles. The molecule has 20 heavy (non-hydrogen) atoms. The quantitative estimate of drug-likeness (QED) is 0.861. The van der Waals surface area contributed by atoms with Crippen LogP contribution in [0.4, 0.5) is 23.2 Å². The van der Waals surface area contributed by atoms with E-state index in [1.54, 1.807) is 6.92 Å². The summed E-state index contributed by atoms with van der Waals surface area (Å²) >= 11 is 0. The lowest BCUT2D eigenvalue weighted by atomic mass is 10.1. The third kappa shape index (κ3) is 3.22. The van der Waals surface area contributed by atoms with Gasteiger partial charge in [-0.05, 0) is 19.1 Å². The first-order valence-corrected chi connectivity index (χ1v) is 5.45. The molecule has 0 aliphatic rings. The Hall–Kier alpha value is -1.76. The molecule has 3 nitrogen and oxygen atoms in total. The zero-order valence-corrected chi connectivity index (χ0v) is 11.2. The summed E-state index contributed by atoms with van der Waals surface area (Å²) in [6.45, 7) is 1.62. The average Bonchev–Trinajstić information content (AvgIpc) is 2.73. The fourth-order valence-corrected chi connectivity index (χ4v) is 1.75. The molecule has 2 aromatic rings. The van der Waals surface area contributed by atoms with Gasteiger partial charge in [0, 0.05) is 11.8 Å². The van der Waals surface area contributed by atoms with Crippen molar-refractivity contribution in [2.75, 3.05) is 5.73 Å². The van der Waals surface area contributed by atoms with Gasteiger partial charge in [0.25, 0.3) is 0 Å². The summed E-state index contributed by atoms with van der Waals surface area (Å²) in [4.78, 5) is 0. The van der Waals surface area contributed by atoms with Crippen LogP contribution in [0.25, 0.3) is 0 Å². The second kappa shape index (κ2) is 5.70. The van der Waals surface area contributed by atoms with Gasteiger partial charge in [-0.3, -0.25) is 4.68 Å². The van der Waals surface area contributed by atoms with Crippen molar-refractivity contribution in [2.24, 2.45) is 0 Å². The van der Waals surface area contributed by atoms with Gasteiger partial charge in [-0.1, -0.05) is 6.07 Å². The summed E-state index contributed by atoms with van der Waals surface area (Å²) in [5, 5.41) is 3.91. The molecular formula is C12H12ClF4N3. The molecule has 0 saturated heterocycles. The summed E-state index contributed by atoms with van der Waals surface area (Å²) in [6.07, 6.45) is -1.68. The standard InChI is InChI=1S/C12H11F4N3.ClH/c1-7(19-6-9(17)5-18-19)10-3-2-8(4-11(10)13)12(14,15)16;/h2-7H,17H2,1H3;1H. The molecular weight excluding hydrogens is 298 g/mol. The van der Waals surface area contributed by atoms with Crippen LogP contribution in [-0.2, 0) is 6.18 Å². The van der Waals surface area contributed by atoms with Crippen LogP contribution in [0.15, 0.2) is 30.6 Å². The molecule has 8 heteroatoms. The van der Waals surface area contributed by atoms with E-state index >= 15 is 0 Å². The van der Waals surface area contributed by atoms with Gasteiger partial charge >= 0.3 is 6.18 Å². The predicted octanol–water partition coefficient (Wildman–Crippen LogP) is 3.65. The Labute approximate surface area is 118 Å². The van der Waals surface area contributed by atoms with E-state index in [0.29, 0.717) is 11.8 Å². The minimum atomic E-state index is -4.56. The maximum Gasteiger partial charge on any atom is 0.416 e. The first-order chi connectivity index (χ1) is 8.79. The van der Waals surface area contributed by atoms with Gasteiger partial charge in [-0.25, -0.2) is 4.39 Å². The molecule has 0 fully saturated rings. The van der Waals surface area contributed by atoms with E-state index in [2.05, 4.69) is 5.10 Å². The molecule has 110 valence electrons. The van der Waals surface area contributed by atoms with Crippen molar-refractivity contribution in [2.45, 2.75) is 19.1 Å². The van der Waals surface area contributed by atoms with Crippen molar-refractivity contribution in [3.63, 3.8) is 0 Å². The number of rotatable bonds is 2. The molecule has 1 aromatic heterocycles. The highest BCUT2D eigenvalue weighted by Crippen LogP contribution is 2.31. The summed E-state index contributed by atoms with van der Waals surface area (Å²) in [5.74, 6) is -0.920. The van der Waals surface area contributed by atoms with E-state index in [9.17, 15) is 17.6 Å². The average molecular weight is 310 g/mol. The largest absolute Gasteiger partial charge is 0.416 e. The van der Waals surface area contributed by atoms with Gasteiger partial charge in [-0.15, -0.1) is 12.4 Å². The smallest absolute Gasteiger partial charge is 0.396 e. The molecule has 0 saturated carbocycles. The molecule has 0 bridgehead atoms. The third-order valence-corrected chi connectivity index (χ3v) is 2.80. The predicted molar refractivity (Wildman–Crippen MR) is 69.1 cm³/mol. The molecule has 1 heterocycles. The number of hydrogen-bond acceptors (Lipinski definition) is 2. The monoisotopic (exact) mass is 309 g/mol. The van der Waals surface area contributed by atoms with Crippen molar-refractivity contribution in [3.05, 3.63) is 47.5 Å². The van der Waals surface area contributed by atoms with Crippen LogP contribution in [-0.4, -0.2) is 9.78 Å². The van der Waals surface area contributed by atoms with Crippen LogP contribution in [0, 0.1) is 5.82 Å². The van der Waals surface area contributed by atoms with Crippen LogP contribution in [0.3, 0.4) is 0 Å². The Morgan fingerprint density at radius 2 is 1.95 bits per heavy atom. The fourth-order valence-electron chi connectivity index (χ4n) is 1.75. The number of nitrogen functional groups attached to an aromatic ring is 1. The third-order valence-electron chi connectivity index (χ3n) is 2.80. The normalized spacial score (nSPS) is 12.8. The maximum atomic E-state index is 13.8. The van der Waals surface area contributed by atoms with E-state index in [1.807, 2.05) is 0 Å². The molecule has 1 unspecified atom stereocenters. The van der Waals surface area contributed by atoms with E-state index in [0.717, 1.165) is 12.1 Å². The van der Waals surface area contributed by atoms with E-state index in [4.69, 9.17) is 5.73 Å². The Morgan fingerprint density at radius 1 is 1.30 bits per heavy atom. The number of halogens is 5. The Morgan fingerprint density at radius 3 is 2.40 bits per heavy atom. The van der Waals surface area contributed by atoms with E-state index < -0.39 is 23.6 Å². The zero-order chi connectivity index (χ0) is 14.2. The van der Waals surface area contributed by atoms with E-state index in [-0.39, 0.29) is 18.0 Å². The number of hydrogen-bond donors (Lipinski definition) is 1. The minimum Gasteiger partial charge on any atom is -0.396 e. The lowest BCUT2D eigenvalue weighted by Crippen LogP contribution is -2.11. The second-order valence-corrected chi connectivity index (χ2v) is 4.16. The van der Waals surface area contributed by atoms with Gasteiger partial charge < -0.3 is 5.73 Å². The molecule has 1 aromatic carbocycles. The van der Waals surface area contributed by atoms with Crippen molar-refractivity contribution >= 4 is 18.1 Å². The summed E-state index contributed by atoms with van der Waals surface area (Å²) in [6, 6.07) is 1.90. The SMILES string of the molecule is CC(c1ccc(C(F)(F)F)cc1F)n1cc(N)cn1.Cl. The number of aromatic nitrogens is 2. The fraction of sp³-hybridized carbons (Fsp3) is 0.250. The summed E-state index contributed by atoms with van der Waals surface area (Å²) in [5.41, 5.74) is 5.00. The first kappa shape index (κ1) is 16.3. The number of benzene rings is 1. The Kier molecular flexibility index (Phi) is 4.65. The molecule has 0 radical (unpaired) electrons. The van der Waals surface area contributed by atoms with Crippen LogP contribution in [0.5, 0.6) is 0 Å². The number of alkyl halides is 3. The van der Waals surface area contributed by atoms with Gasteiger partial charge in [-0.2, -0.15) is 18.3 Å². The van der Waals surface area contributed by atoms with Crippen LogP contribution in [0.1, 0.15) is 24.1 Å². The second-order valence-electron chi connectivity index (χ2n) is 4.16. The van der Waals surface area contributed by atoms with Crippen LogP contribution < -0.4 is 5.73 Å². The van der Waals surface area contributed by atoms with Crippen molar-refractivity contribution < 1.29 is 17.6 Å². The molecule has 0 aliphatic heterocycles. The Bertz CT molecular complexity index is 595. The molecule has 1 atom stereocenters. The van der Waals surface area contributed by atoms with Gasteiger partial charge in [0.15, 0.2) is 0 Å². The van der Waals surface area contributed by atoms with Gasteiger partial charge in [0.2, 0.25) is 0 Å². The number of nitrogens with zero attached hydrogens (tertiary/aromatic N) is 2. The van der Waals surface area contributed by atoms with E-state index in [1.165, 1.54) is 17.1 Å². The molecule has 0 spiro atoms. The highest BCUT2D eigenvalue weighted by atomic mass is 35.5. The molecule has 2 rings (SSSR count). The van der Waals surface area contributed by atoms with Crippen molar-refractivity contribution in [1.82, 2.24) is 9.78 Å². The number of nitrogens with two attached hydrogens (primary N) is 1. The zero-order valence-electron chi connectivity index (χ0n) is 10.4. The van der Waals surface area contributed by atoms with Crippen LogP contribution >= 0.6 is 12.4 Å². The minimum absolute atomic E-state index is 0. The van der Waals surface area contributed by atoms with Crippen molar-refractivity contribution in [1.29, 1.82) is 0 Å². The molecule has 0 amide bonds. The topological polar surface area (TPSA) is 43.8 Å². The highest BCUT2D eigenvalue weighted by Gasteiger charge is 2.31. The van der Waals surface area contributed by atoms with Crippen molar-refractivity contribution in [3.8, 4) is 0 Å². The summed E-state index contributed by atoms with van der Waals surface area (Å²) < 4.78 is 52.4. The first-order valence-electron chi connectivity index (χ1n) is 5.45. The maximum absolute atomic E-state index is 13.8. The summed E-state index contributed by atoms with van der Waals surface area (Å²) in [7, 11) is 0.